The Kier molecular flexibility index (Phi) is 8.02. The third-order valence-electron chi connectivity index (χ3n) is 4.55. The largest absolute Gasteiger partial charge is 0.465 e. The van der Waals surface area contributed by atoms with Crippen molar-refractivity contribution < 1.29 is 36.8 Å². The molecule has 0 spiro atoms. The van der Waals surface area contributed by atoms with Crippen LogP contribution in [0.25, 0.3) is 0 Å². The predicted octanol–water partition coefficient (Wildman–Crippen LogP) is 3.19. The molecule has 0 radical (unpaired) electrons. The molecule has 0 aliphatic carbocycles. The lowest BCUT2D eigenvalue weighted by Crippen LogP contribution is -2.51. The maximum atomic E-state index is 13.1. The summed E-state index contributed by atoms with van der Waals surface area (Å²) < 4.78 is 43.9. The lowest BCUT2D eigenvalue weighted by atomic mass is 10.1. The third kappa shape index (κ3) is 6.79. The number of likely N-dealkylation sites (N-methyl/N-ethyl adjacent to an activating group) is 1. The van der Waals surface area contributed by atoms with Crippen molar-refractivity contribution in [2.45, 2.75) is 19.6 Å². The fourth-order valence-electron chi connectivity index (χ4n) is 3.06. The molecule has 0 atom stereocenters. The number of carbonyl (C=O) groups excluding carboxylic acids is 3. The van der Waals surface area contributed by atoms with Crippen LogP contribution in [0.5, 0.6) is 0 Å². The fraction of sp³-hybridized carbons (Fsp3) is 0.381. The summed E-state index contributed by atoms with van der Waals surface area (Å²) in [6.45, 7) is 1.23. The van der Waals surface area contributed by atoms with Gasteiger partial charge in [0.05, 0.1) is 32.5 Å². The Morgan fingerprint density at radius 3 is 2.34 bits per heavy atom. The molecule has 174 valence electrons. The van der Waals surface area contributed by atoms with Gasteiger partial charge in [0.2, 0.25) is 0 Å². The van der Waals surface area contributed by atoms with E-state index in [1.165, 1.54) is 25.3 Å². The van der Waals surface area contributed by atoms with Gasteiger partial charge in [-0.15, -0.1) is 11.3 Å². The number of aryl methyl sites for hydroxylation is 1. The highest BCUT2D eigenvalue weighted by molar-refractivity contribution is 7.12. The maximum Gasteiger partial charge on any atom is 0.416 e. The first-order valence-electron chi connectivity index (χ1n) is 9.54. The number of benzene rings is 1. The number of nitrogens with one attached hydrogen (secondary N) is 2. The number of alkyl halides is 3. The summed E-state index contributed by atoms with van der Waals surface area (Å²) in [6, 6.07) is 5.02. The van der Waals surface area contributed by atoms with E-state index in [0.29, 0.717) is 11.3 Å². The van der Waals surface area contributed by atoms with Crippen LogP contribution in [0.3, 0.4) is 0 Å². The van der Waals surface area contributed by atoms with Crippen molar-refractivity contribution in [3.63, 3.8) is 0 Å². The topological polar surface area (TPSA) is 84.5 Å². The number of methoxy groups -OCH3 is 1. The van der Waals surface area contributed by atoms with Crippen LogP contribution in [-0.2, 0) is 27.0 Å². The lowest BCUT2D eigenvalue weighted by molar-refractivity contribution is -0.874. The number of nitrogens with zero attached hydrogens (tertiary/aromatic N) is 1. The standard InChI is InChI=1S/C21H24F3N3O4S/c1-13-12-32-19(20(30)31-4)18(13)26-17(29)11-27(2,3)10-16(28)25-9-14-7-5-6-8-15(14)21(22,23)24/h5-8,12H,9-11H2,1-4H3,(H-,25,26,28,29,30)/p+1. The minimum Gasteiger partial charge on any atom is -0.465 e. The van der Waals surface area contributed by atoms with Crippen LogP contribution in [-0.4, -0.2) is 56.6 Å². The van der Waals surface area contributed by atoms with Crippen LogP contribution < -0.4 is 10.6 Å². The van der Waals surface area contributed by atoms with Gasteiger partial charge in [-0.25, -0.2) is 4.79 Å². The zero-order chi connectivity index (χ0) is 24.1. The van der Waals surface area contributed by atoms with Crippen LogP contribution in [0.1, 0.15) is 26.4 Å². The normalized spacial score (nSPS) is 11.7. The first kappa shape index (κ1) is 25.3. The number of quaternary nitrogens is 1. The van der Waals surface area contributed by atoms with E-state index in [0.717, 1.165) is 17.4 Å². The second kappa shape index (κ2) is 10.1. The summed E-state index contributed by atoms with van der Waals surface area (Å²) in [5, 5.41) is 6.88. The van der Waals surface area contributed by atoms with Gasteiger partial charge in [0.15, 0.2) is 13.1 Å². The zero-order valence-corrected chi connectivity index (χ0v) is 18.9. The number of thiophene rings is 1. The highest BCUT2D eigenvalue weighted by Crippen LogP contribution is 2.31. The summed E-state index contributed by atoms with van der Waals surface area (Å²) in [4.78, 5) is 37.0. The van der Waals surface area contributed by atoms with Gasteiger partial charge >= 0.3 is 12.1 Å². The third-order valence-corrected chi connectivity index (χ3v) is 5.63. The molecule has 0 bridgehead atoms. The number of hydrogen-bond donors (Lipinski definition) is 2. The molecule has 1 aromatic heterocycles. The van der Waals surface area contributed by atoms with E-state index >= 15 is 0 Å². The molecule has 2 N–H and O–H groups in total. The average Bonchev–Trinajstić information content (AvgIpc) is 3.04. The van der Waals surface area contributed by atoms with E-state index < -0.39 is 29.5 Å². The van der Waals surface area contributed by atoms with Gasteiger partial charge in [-0.3, -0.25) is 9.59 Å². The fourth-order valence-corrected chi connectivity index (χ4v) is 3.98. The van der Waals surface area contributed by atoms with Crippen LogP contribution in [0, 0.1) is 6.92 Å². The van der Waals surface area contributed by atoms with Crippen LogP contribution in [0.2, 0.25) is 0 Å². The average molecular weight is 473 g/mol. The second-order valence-corrected chi connectivity index (χ2v) is 8.73. The highest BCUT2D eigenvalue weighted by Gasteiger charge is 2.33. The molecule has 0 aliphatic rings. The number of ether oxygens (including phenoxy) is 1. The molecule has 0 fully saturated rings. The van der Waals surface area contributed by atoms with E-state index in [2.05, 4.69) is 10.6 Å². The molecule has 7 nitrogen and oxygen atoms in total. The quantitative estimate of drug-likeness (QED) is 0.457. The summed E-state index contributed by atoms with van der Waals surface area (Å²) >= 11 is 1.15. The first-order chi connectivity index (χ1) is 14.8. The van der Waals surface area contributed by atoms with Crippen LogP contribution >= 0.6 is 11.3 Å². The summed E-state index contributed by atoms with van der Waals surface area (Å²) in [5.74, 6) is -1.48. The van der Waals surface area contributed by atoms with Crippen molar-refractivity contribution in [2.75, 3.05) is 39.6 Å². The van der Waals surface area contributed by atoms with Gasteiger partial charge in [0, 0.05) is 6.54 Å². The molecule has 2 amide bonds. The Morgan fingerprint density at radius 1 is 1.09 bits per heavy atom. The molecule has 1 heterocycles. The molecule has 0 unspecified atom stereocenters. The molecule has 1 aromatic carbocycles. The number of amides is 2. The smallest absolute Gasteiger partial charge is 0.416 e. The summed E-state index contributed by atoms with van der Waals surface area (Å²) in [7, 11) is 4.53. The Hall–Kier alpha value is -2.92. The minimum absolute atomic E-state index is 0.0420. The van der Waals surface area contributed by atoms with E-state index in [1.807, 2.05) is 0 Å². The van der Waals surface area contributed by atoms with E-state index in [9.17, 15) is 27.6 Å². The molecule has 2 rings (SSSR count). The van der Waals surface area contributed by atoms with Crippen LogP contribution in [0.15, 0.2) is 29.6 Å². The monoisotopic (exact) mass is 472 g/mol. The van der Waals surface area contributed by atoms with E-state index in [4.69, 9.17) is 4.74 Å². The number of rotatable bonds is 8. The van der Waals surface area contributed by atoms with Crippen molar-refractivity contribution >= 4 is 34.8 Å². The van der Waals surface area contributed by atoms with Crippen molar-refractivity contribution in [2.24, 2.45) is 0 Å². The number of anilines is 1. The van der Waals surface area contributed by atoms with Crippen molar-refractivity contribution in [3.05, 3.63) is 51.2 Å². The van der Waals surface area contributed by atoms with Gasteiger partial charge in [-0.1, -0.05) is 18.2 Å². The Labute approximate surface area is 187 Å². The summed E-state index contributed by atoms with van der Waals surface area (Å²) in [5.41, 5.74) is 0.218. The Balaban J connectivity index is 1.96. The van der Waals surface area contributed by atoms with Gasteiger partial charge < -0.3 is 19.9 Å². The van der Waals surface area contributed by atoms with Gasteiger partial charge in [-0.2, -0.15) is 13.2 Å². The lowest BCUT2D eigenvalue weighted by Gasteiger charge is -2.28. The maximum absolute atomic E-state index is 13.1. The van der Waals surface area contributed by atoms with Crippen molar-refractivity contribution in [3.8, 4) is 0 Å². The van der Waals surface area contributed by atoms with Crippen molar-refractivity contribution in [1.82, 2.24) is 5.32 Å². The molecule has 32 heavy (non-hydrogen) atoms. The predicted molar refractivity (Wildman–Crippen MR) is 114 cm³/mol. The highest BCUT2D eigenvalue weighted by atomic mass is 32.1. The number of esters is 1. The van der Waals surface area contributed by atoms with Crippen molar-refractivity contribution in [1.29, 1.82) is 0 Å². The molecule has 2 aromatic rings. The second-order valence-electron chi connectivity index (χ2n) is 7.85. The van der Waals surface area contributed by atoms with Crippen LogP contribution in [0.4, 0.5) is 18.9 Å². The molecule has 0 saturated carbocycles. The molecule has 0 aliphatic heterocycles. The summed E-state index contributed by atoms with van der Waals surface area (Å²) in [6.07, 6.45) is -4.52. The number of hydrogen-bond acceptors (Lipinski definition) is 5. The molecular weight excluding hydrogens is 447 g/mol. The van der Waals surface area contributed by atoms with Gasteiger partial charge in [0.1, 0.15) is 4.88 Å². The SMILES string of the molecule is COC(=O)c1scc(C)c1NC(=O)C[N+](C)(C)CC(=O)NCc1ccccc1C(F)(F)F. The van der Waals surface area contributed by atoms with E-state index in [-0.39, 0.29) is 34.6 Å². The van der Waals surface area contributed by atoms with Gasteiger partial charge in [-0.05, 0) is 29.5 Å². The Bertz CT molecular complexity index is 1000. The van der Waals surface area contributed by atoms with Gasteiger partial charge in [0.25, 0.3) is 11.8 Å². The number of carbonyl (C=O) groups is 3. The molecular formula is C21H25F3N3O4S+. The minimum atomic E-state index is -4.52. The first-order valence-corrected chi connectivity index (χ1v) is 10.4. The molecule has 0 saturated heterocycles. The number of halogens is 3. The van der Waals surface area contributed by atoms with E-state index in [1.54, 1.807) is 26.4 Å². The zero-order valence-electron chi connectivity index (χ0n) is 18.1. The molecule has 11 heteroatoms. The Morgan fingerprint density at radius 2 is 1.72 bits per heavy atom.